The molecule has 3 heterocycles. The Morgan fingerprint density at radius 3 is 3.25 bits per heavy atom. The number of fused-ring (bicyclic) bond motifs is 1. The number of anilines is 2. The van der Waals surface area contributed by atoms with Crippen LogP contribution in [0.25, 0.3) is 0 Å². The highest BCUT2D eigenvalue weighted by Gasteiger charge is 2.30. The molecular formula is C11H17N5. The van der Waals surface area contributed by atoms with Gasteiger partial charge in [0.05, 0.1) is 17.6 Å². The molecule has 2 aliphatic heterocycles. The summed E-state index contributed by atoms with van der Waals surface area (Å²) >= 11 is 0. The standard InChI is InChI=1S/C11H17N5/c12-10-6-13-2-1-11(10)15-3-4-16-8-14-5-9(16)7-15/h1-2,6,9,14H,3-5,7-8,12H2. The van der Waals surface area contributed by atoms with Crippen molar-refractivity contribution in [3.8, 4) is 0 Å². The molecule has 0 amide bonds. The minimum absolute atomic E-state index is 0.626. The molecule has 0 saturated carbocycles. The fourth-order valence-electron chi connectivity index (χ4n) is 2.58. The van der Waals surface area contributed by atoms with E-state index >= 15 is 0 Å². The van der Waals surface area contributed by atoms with Crippen LogP contribution in [0.15, 0.2) is 18.5 Å². The van der Waals surface area contributed by atoms with Gasteiger partial charge in [0.2, 0.25) is 0 Å². The molecule has 0 bridgehead atoms. The quantitative estimate of drug-likeness (QED) is 0.680. The molecule has 0 aliphatic carbocycles. The Balaban J connectivity index is 1.79. The van der Waals surface area contributed by atoms with E-state index < -0.39 is 0 Å². The van der Waals surface area contributed by atoms with Gasteiger partial charge < -0.3 is 16.0 Å². The first-order chi connectivity index (χ1) is 7.84. The van der Waals surface area contributed by atoms with E-state index in [0.717, 1.165) is 44.2 Å². The monoisotopic (exact) mass is 219 g/mol. The minimum atomic E-state index is 0.626. The molecule has 0 spiro atoms. The van der Waals surface area contributed by atoms with Crippen LogP contribution in [0.2, 0.25) is 0 Å². The van der Waals surface area contributed by atoms with Crippen molar-refractivity contribution < 1.29 is 0 Å². The van der Waals surface area contributed by atoms with Gasteiger partial charge in [0.25, 0.3) is 0 Å². The molecule has 1 unspecified atom stereocenters. The fourth-order valence-corrected chi connectivity index (χ4v) is 2.58. The zero-order chi connectivity index (χ0) is 11.0. The number of rotatable bonds is 1. The number of aromatic nitrogens is 1. The van der Waals surface area contributed by atoms with Gasteiger partial charge in [0.15, 0.2) is 0 Å². The SMILES string of the molecule is Nc1cnccc1N1CCN2CNCC2C1. The number of hydrogen-bond donors (Lipinski definition) is 2. The number of piperazine rings is 1. The Kier molecular flexibility index (Phi) is 2.41. The van der Waals surface area contributed by atoms with Crippen LogP contribution in [-0.4, -0.2) is 48.8 Å². The van der Waals surface area contributed by atoms with Crippen LogP contribution in [0.4, 0.5) is 11.4 Å². The Bertz CT molecular complexity index is 380. The molecule has 0 radical (unpaired) electrons. The lowest BCUT2D eigenvalue weighted by molar-refractivity contribution is 0.235. The van der Waals surface area contributed by atoms with Gasteiger partial charge in [-0.3, -0.25) is 9.88 Å². The van der Waals surface area contributed by atoms with Crippen molar-refractivity contribution in [1.82, 2.24) is 15.2 Å². The summed E-state index contributed by atoms with van der Waals surface area (Å²) in [4.78, 5) is 8.89. The summed E-state index contributed by atoms with van der Waals surface area (Å²) in [5, 5.41) is 3.41. The summed E-state index contributed by atoms with van der Waals surface area (Å²) in [6.07, 6.45) is 3.54. The molecule has 2 saturated heterocycles. The van der Waals surface area contributed by atoms with Crippen LogP contribution in [0.3, 0.4) is 0 Å². The van der Waals surface area contributed by atoms with Crippen molar-refractivity contribution in [2.24, 2.45) is 0 Å². The van der Waals surface area contributed by atoms with Crippen LogP contribution < -0.4 is 16.0 Å². The second-order valence-electron chi connectivity index (χ2n) is 4.46. The molecule has 5 nitrogen and oxygen atoms in total. The average Bonchev–Trinajstić information content (AvgIpc) is 2.76. The lowest BCUT2D eigenvalue weighted by atomic mass is 10.1. The van der Waals surface area contributed by atoms with Crippen molar-refractivity contribution in [3.63, 3.8) is 0 Å². The first-order valence-corrected chi connectivity index (χ1v) is 5.74. The lowest BCUT2D eigenvalue weighted by Gasteiger charge is -2.38. The molecule has 0 aromatic carbocycles. The fraction of sp³-hybridized carbons (Fsp3) is 0.545. The smallest absolute Gasteiger partial charge is 0.0738 e. The molecule has 86 valence electrons. The van der Waals surface area contributed by atoms with Crippen molar-refractivity contribution in [2.45, 2.75) is 6.04 Å². The second-order valence-corrected chi connectivity index (χ2v) is 4.46. The second kappa shape index (κ2) is 3.92. The van der Waals surface area contributed by atoms with Gasteiger partial charge in [0, 0.05) is 45.1 Å². The molecular weight excluding hydrogens is 202 g/mol. The van der Waals surface area contributed by atoms with E-state index in [9.17, 15) is 0 Å². The first kappa shape index (κ1) is 9.86. The zero-order valence-electron chi connectivity index (χ0n) is 9.26. The molecule has 2 fully saturated rings. The number of nitrogens with one attached hydrogen (secondary N) is 1. The third-order valence-corrected chi connectivity index (χ3v) is 3.47. The highest BCUT2D eigenvalue weighted by Crippen LogP contribution is 2.24. The maximum Gasteiger partial charge on any atom is 0.0738 e. The minimum Gasteiger partial charge on any atom is -0.396 e. The maximum absolute atomic E-state index is 5.96. The van der Waals surface area contributed by atoms with E-state index in [-0.39, 0.29) is 0 Å². The highest BCUT2D eigenvalue weighted by molar-refractivity contribution is 5.66. The maximum atomic E-state index is 5.96. The van der Waals surface area contributed by atoms with E-state index in [0.29, 0.717) is 6.04 Å². The van der Waals surface area contributed by atoms with Crippen molar-refractivity contribution in [1.29, 1.82) is 0 Å². The van der Waals surface area contributed by atoms with E-state index in [1.54, 1.807) is 6.20 Å². The van der Waals surface area contributed by atoms with Crippen LogP contribution in [-0.2, 0) is 0 Å². The molecule has 1 aromatic heterocycles. The highest BCUT2D eigenvalue weighted by atomic mass is 15.4. The number of nitrogens with two attached hydrogens (primary N) is 1. The summed E-state index contributed by atoms with van der Waals surface area (Å²) in [5.41, 5.74) is 7.86. The normalized spacial score (nSPS) is 25.8. The van der Waals surface area contributed by atoms with Gasteiger partial charge >= 0.3 is 0 Å². The summed E-state index contributed by atoms with van der Waals surface area (Å²) in [6, 6.07) is 2.63. The number of nitrogen functional groups attached to an aromatic ring is 1. The predicted octanol–water partition coefficient (Wildman–Crippen LogP) is -0.285. The summed E-state index contributed by atoms with van der Waals surface area (Å²) in [7, 11) is 0. The van der Waals surface area contributed by atoms with Crippen LogP contribution >= 0.6 is 0 Å². The van der Waals surface area contributed by atoms with Gasteiger partial charge in [-0.2, -0.15) is 0 Å². The topological polar surface area (TPSA) is 57.4 Å². The van der Waals surface area contributed by atoms with Gasteiger partial charge in [-0.05, 0) is 6.07 Å². The molecule has 16 heavy (non-hydrogen) atoms. The van der Waals surface area contributed by atoms with Crippen LogP contribution in [0.1, 0.15) is 0 Å². The molecule has 3 N–H and O–H groups in total. The number of nitrogens with zero attached hydrogens (tertiary/aromatic N) is 3. The van der Waals surface area contributed by atoms with Gasteiger partial charge in [-0.15, -0.1) is 0 Å². The predicted molar refractivity (Wildman–Crippen MR) is 64.2 cm³/mol. The summed E-state index contributed by atoms with van der Waals surface area (Å²) in [6.45, 7) is 5.33. The number of pyridine rings is 1. The molecule has 2 aliphatic rings. The van der Waals surface area contributed by atoms with Crippen molar-refractivity contribution in [2.75, 3.05) is 43.5 Å². The van der Waals surface area contributed by atoms with E-state index in [2.05, 4.69) is 20.1 Å². The Morgan fingerprint density at radius 1 is 1.44 bits per heavy atom. The number of hydrogen-bond acceptors (Lipinski definition) is 5. The van der Waals surface area contributed by atoms with Crippen LogP contribution in [0, 0.1) is 0 Å². The Labute approximate surface area is 95.2 Å². The van der Waals surface area contributed by atoms with E-state index in [1.807, 2.05) is 12.3 Å². The van der Waals surface area contributed by atoms with Gasteiger partial charge in [0.1, 0.15) is 0 Å². The molecule has 1 atom stereocenters. The summed E-state index contributed by atoms with van der Waals surface area (Å²) in [5.74, 6) is 0. The third-order valence-electron chi connectivity index (χ3n) is 3.47. The molecule has 1 aromatic rings. The van der Waals surface area contributed by atoms with Crippen LogP contribution in [0.5, 0.6) is 0 Å². The zero-order valence-corrected chi connectivity index (χ0v) is 9.26. The lowest BCUT2D eigenvalue weighted by Crippen LogP contribution is -2.51. The third kappa shape index (κ3) is 1.62. The largest absolute Gasteiger partial charge is 0.396 e. The van der Waals surface area contributed by atoms with Crippen molar-refractivity contribution >= 4 is 11.4 Å². The molecule has 5 heteroatoms. The van der Waals surface area contributed by atoms with Gasteiger partial charge in [-0.25, -0.2) is 0 Å². The van der Waals surface area contributed by atoms with Crippen molar-refractivity contribution in [3.05, 3.63) is 18.5 Å². The Hall–Kier alpha value is -1.33. The summed E-state index contributed by atoms with van der Waals surface area (Å²) < 4.78 is 0. The van der Waals surface area contributed by atoms with E-state index in [4.69, 9.17) is 5.73 Å². The van der Waals surface area contributed by atoms with Gasteiger partial charge in [-0.1, -0.05) is 0 Å². The first-order valence-electron chi connectivity index (χ1n) is 5.74. The van der Waals surface area contributed by atoms with E-state index in [1.165, 1.54) is 0 Å². The average molecular weight is 219 g/mol. The Morgan fingerprint density at radius 2 is 2.38 bits per heavy atom. The molecule has 3 rings (SSSR count).